The molecular formula is C28H37ClN4O3. The number of carbonyl (C=O) groups excluding carboxylic acids is 2. The van der Waals surface area contributed by atoms with Gasteiger partial charge in [-0.2, -0.15) is 0 Å². The van der Waals surface area contributed by atoms with Crippen LogP contribution in [0, 0.1) is 5.92 Å². The fourth-order valence-corrected chi connectivity index (χ4v) is 5.76. The van der Waals surface area contributed by atoms with E-state index in [1.807, 2.05) is 24.0 Å². The van der Waals surface area contributed by atoms with E-state index in [9.17, 15) is 14.7 Å². The molecule has 1 aromatic carbocycles. The number of piperidine rings is 1. The van der Waals surface area contributed by atoms with Gasteiger partial charge in [0.15, 0.2) is 0 Å². The summed E-state index contributed by atoms with van der Waals surface area (Å²) >= 11 is 6.75. The first-order valence-corrected chi connectivity index (χ1v) is 13.5. The number of nitrogens with zero attached hydrogens (tertiary/aromatic N) is 3. The Morgan fingerprint density at radius 1 is 1.19 bits per heavy atom. The molecule has 8 heteroatoms. The molecule has 1 aromatic heterocycles. The summed E-state index contributed by atoms with van der Waals surface area (Å²) < 4.78 is 0. The van der Waals surface area contributed by atoms with E-state index in [0.29, 0.717) is 23.2 Å². The monoisotopic (exact) mass is 512 g/mol. The van der Waals surface area contributed by atoms with Crippen molar-refractivity contribution in [2.24, 2.45) is 5.92 Å². The van der Waals surface area contributed by atoms with Gasteiger partial charge in [0.1, 0.15) is 5.69 Å². The van der Waals surface area contributed by atoms with E-state index in [0.717, 1.165) is 87.8 Å². The largest absolute Gasteiger partial charge is 0.393 e. The Hall–Kier alpha value is -2.64. The molecule has 2 heterocycles. The van der Waals surface area contributed by atoms with Gasteiger partial charge in [-0.1, -0.05) is 23.7 Å². The van der Waals surface area contributed by atoms with Crippen LogP contribution in [0.15, 0.2) is 36.5 Å². The van der Waals surface area contributed by atoms with E-state index < -0.39 is 0 Å². The van der Waals surface area contributed by atoms with Gasteiger partial charge in [0, 0.05) is 44.0 Å². The Labute approximate surface area is 218 Å². The second kappa shape index (κ2) is 12.5. The van der Waals surface area contributed by atoms with Gasteiger partial charge in [-0.15, -0.1) is 0 Å². The van der Waals surface area contributed by atoms with Crippen molar-refractivity contribution in [3.8, 4) is 11.1 Å². The van der Waals surface area contributed by atoms with Crippen molar-refractivity contribution in [1.29, 1.82) is 0 Å². The Bertz CT molecular complexity index is 1020. The van der Waals surface area contributed by atoms with Crippen LogP contribution in [0.25, 0.3) is 11.1 Å². The minimum absolute atomic E-state index is 0.175. The van der Waals surface area contributed by atoms with E-state index in [1.165, 1.54) is 0 Å². The zero-order valence-electron chi connectivity index (χ0n) is 21.0. The summed E-state index contributed by atoms with van der Waals surface area (Å²) in [7, 11) is 0. The van der Waals surface area contributed by atoms with Crippen molar-refractivity contribution in [1.82, 2.24) is 15.2 Å². The number of rotatable bonds is 9. The highest BCUT2D eigenvalue weighted by atomic mass is 35.5. The van der Waals surface area contributed by atoms with Crippen molar-refractivity contribution in [3.63, 3.8) is 0 Å². The number of hydrogen-bond donors (Lipinski definition) is 2. The molecule has 36 heavy (non-hydrogen) atoms. The van der Waals surface area contributed by atoms with Crippen LogP contribution in [0.3, 0.4) is 0 Å². The van der Waals surface area contributed by atoms with Gasteiger partial charge in [-0.3, -0.25) is 14.6 Å². The predicted molar refractivity (Wildman–Crippen MR) is 143 cm³/mol. The standard InChI is InChI=1S/C28H37ClN4O3/c1-2-30-28(36)26-11-5-22(17-31-26)21-6-12-27(25(29)16-21)32-14-3-4-20(18-32)13-15-33(19-34)23-7-9-24(35)10-8-23/h5-6,11-12,16-17,19-20,23-24,35H,2-4,7-10,13-15,18H2,1H3,(H,30,36). The number of pyridine rings is 1. The molecule has 1 aliphatic carbocycles. The SMILES string of the molecule is CCNC(=O)c1ccc(-c2ccc(N3CCCC(CCN(C=O)C4CCC(O)CC4)C3)c(Cl)c2)cn1. The van der Waals surface area contributed by atoms with Gasteiger partial charge >= 0.3 is 0 Å². The summed E-state index contributed by atoms with van der Waals surface area (Å²) in [6.07, 6.45) is 9.09. The lowest BCUT2D eigenvalue weighted by atomic mass is 9.90. The number of benzene rings is 1. The second-order valence-corrected chi connectivity index (χ2v) is 10.4. The lowest BCUT2D eigenvalue weighted by molar-refractivity contribution is -0.121. The Kier molecular flexibility index (Phi) is 9.21. The van der Waals surface area contributed by atoms with Gasteiger partial charge < -0.3 is 20.2 Å². The smallest absolute Gasteiger partial charge is 0.269 e. The third kappa shape index (κ3) is 6.56. The molecule has 0 bridgehead atoms. The third-order valence-electron chi connectivity index (χ3n) is 7.54. The van der Waals surface area contributed by atoms with E-state index >= 15 is 0 Å². The summed E-state index contributed by atoms with van der Waals surface area (Å²) in [6, 6.07) is 9.98. The summed E-state index contributed by atoms with van der Waals surface area (Å²) in [5.41, 5.74) is 3.31. The minimum atomic E-state index is -0.208. The number of aromatic nitrogens is 1. The molecule has 2 aliphatic rings. The van der Waals surface area contributed by atoms with Crippen LogP contribution >= 0.6 is 11.6 Å². The molecule has 7 nitrogen and oxygen atoms in total. The zero-order valence-corrected chi connectivity index (χ0v) is 21.8. The predicted octanol–water partition coefficient (Wildman–Crippen LogP) is 4.52. The van der Waals surface area contributed by atoms with Crippen LogP contribution in [0.5, 0.6) is 0 Å². The maximum absolute atomic E-state index is 12.0. The molecule has 2 fully saturated rings. The molecule has 2 N–H and O–H groups in total. The number of carbonyl (C=O) groups is 2. The van der Waals surface area contributed by atoms with Gasteiger partial charge in [-0.25, -0.2) is 0 Å². The Morgan fingerprint density at radius 3 is 2.64 bits per heavy atom. The maximum atomic E-state index is 12.0. The third-order valence-corrected chi connectivity index (χ3v) is 7.84. The Balaban J connectivity index is 1.36. The van der Waals surface area contributed by atoms with E-state index in [-0.39, 0.29) is 18.1 Å². The number of hydrogen-bond acceptors (Lipinski definition) is 5. The van der Waals surface area contributed by atoms with Gasteiger partial charge in [0.05, 0.1) is 16.8 Å². The molecule has 1 aliphatic heterocycles. The summed E-state index contributed by atoms with van der Waals surface area (Å²) in [5, 5.41) is 13.2. The van der Waals surface area contributed by atoms with Crippen LogP contribution < -0.4 is 10.2 Å². The van der Waals surface area contributed by atoms with Gasteiger partial charge in [-0.05, 0) is 81.5 Å². The van der Waals surface area contributed by atoms with Crippen molar-refractivity contribution >= 4 is 29.6 Å². The van der Waals surface area contributed by atoms with Gasteiger partial charge in [0.2, 0.25) is 6.41 Å². The number of aliphatic hydroxyl groups excluding tert-OH is 1. The molecule has 1 saturated heterocycles. The molecule has 2 amide bonds. The summed E-state index contributed by atoms with van der Waals surface area (Å²) in [6.45, 7) is 5.12. The fourth-order valence-electron chi connectivity index (χ4n) is 5.46. The normalized spacial score (nSPS) is 22.2. The number of halogens is 1. The molecule has 1 unspecified atom stereocenters. The second-order valence-electron chi connectivity index (χ2n) is 10.0. The number of nitrogens with one attached hydrogen (secondary N) is 1. The van der Waals surface area contributed by atoms with Crippen LogP contribution in [0.4, 0.5) is 5.69 Å². The highest BCUT2D eigenvalue weighted by Gasteiger charge is 2.26. The Morgan fingerprint density at radius 2 is 1.97 bits per heavy atom. The van der Waals surface area contributed by atoms with Gasteiger partial charge in [0.25, 0.3) is 5.91 Å². The number of aliphatic hydroxyl groups is 1. The van der Waals surface area contributed by atoms with Crippen LogP contribution in [-0.2, 0) is 4.79 Å². The zero-order chi connectivity index (χ0) is 25.5. The first-order valence-electron chi connectivity index (χ1n) is 13.2. The number of amides is 2. The lowest BCUT2D eigenvalue weighted by Gasteiger charge is -2.37. The minimum Gasteiger partial charge on any atom is -0.393 e. The van der Waals surface area contributed by atoms with Crippen LogP contribution in [0.1, 0.15) is 62.4 Å². The van der Waals surface area contributed by atoms with Crippen LogP contribution in [0.2, 0.25) is 5.02 Å². The van der Waals surface area contributed by atoms with Crippen molar-refractivity contribution in [2.45, 2.75) is 64.0 Å². The van der Waals surface area contributed by atoms with E-state index in [1.54, 1.807) is 12.3 Å². The van der Waals surface area contributed by atoms with Crippen molar-refractivity contribution < 1.29 is 14.7 Å². The molecule has 0 radical (unpaired) electrons. The topological polar surface area (TPSA) is 85.8 Å². The average molecular weight is 513 g/mol. The molecule has 1 saturated carbocycles. The molecule has 1 atom stereocenters. The maximum Gasteiger partial charge on any atom is 0.269 e. The highest BCUT2D eigenvalue weighted by molar-refractivity contribution is 6.33. The van der Waals surface area contributed by atoms with E-state index in [2.05, 4.69) is 27.3 Å². The molecule has 4 rings (SSSR count). The molecular weight excluding hydrogens is 476 g/mol. The van der Waals surface area contributed by atoms with Crippen molar-refractivity contribution in [3.05, 3.63) is 47.2 Å². The molecule has 194 valence electrons. The first-order chi connectivity index (χ1) is 17.5. The lowest BCUT2D eigenvalue weighted by Crippen LogP contribution is -2.41. The quantitative estimate of drug-likeness (QED) is 0.482. The van der Waals surface area contributed by atoms with Crippen molar-refractivity contribution in [2.75, 3.05) is 31.1 Å². The summed E-state index contributed by atoms with van der Waals surface area (Å²) in [4.78, 5) is 32.3. The number of anilines is 1. The average Bonchev–Trinajstić information content (AvgIpc) is 2.90. The molecule has 0 spiro atoms. The fraction of sp³-hybridized carbons (Fsp3) is 0.536. The highest BCUT2D eigenvalue weighted by Crippen LogP contribution is 2.34. The summed E-state index contributed by atoms with van der Waals surface area (Å²) in [5.74, 6) is 0.336. The molecule has 2 aromatic rings. The van der Waals surface area contributed by atoms with Crippen LogP contribution in [-0.4, -0.2) is 65.6 Å². The van der Waals surface area contributed by atoms with E-state index in [4.69, 9.17) is 11.6 Å². The first kappa shape index (κ1) is 26.4.